The average molecular weight is 455 g/mol. The number of rotatable bonds is 8. The molecule has 8 nitrogen and oxygen atoms in total. The van der Waals surface area contributed by atoms with Crippen LogP contribution in [-0.4, -0.2) is 48.8 Å². The molecule has 0 aliphatic heterocycles. The smallest absolute Gasteiger partial charge is 0.259 e. The molecule has 2 aromatic carbocycles. The molecule has 0 bridgehead atoms. The van der Waals surface area contributed by atoms with Crippen molar-refractivity contribution in [2.75, 3.05) is 25.5 Å². The van der Waals surface area contributed by atoms with Crippen molar-refractivity contribution in [3.63, 3.8) is 0 Å². The molecule has 0 fully saturated rings. The van der Waals surface area contributed by atoms with E-state index in [0.29, 0.717) is 24.6 Å². The van der Waals surface area contributed by atoms with E-state index < -0.39 is 15.9 Å². The lowest BCUT2D eigenvalue weighted by atomic mass is 10.1. The van der Waals surface area contributed by atoms with E-state index in [0.717, 1.165) is 11.3 Å². The topological polar surface area (TPSA) is 101 Å². The van der Waals surface area contributed by atoms with Crippen LogP contribution in [0.3, 0.4) is 0 Å². The highest BCUT2D eigenvalue weighted by Crippen LogP contribution is 2.27. The van der Waals surface area contributed by atoms with Crippen molar-refractivity contribution in [2.45, 2.75) is 25.7 Å². The van der Waals surface area contributed by atoms with Gasteiger partial charge in [0.2, 0.25) is 10.0 Å². The average Bonchev–Trinajstić information content (AvgIpc) is 2.79. The van der Waals surface area contributed by atoms with Crippen molar-refractivity contribution in [1.29, 1.82) is 0 Å². The highest BCUT2D eigenvalue weighted by molar-refractivity contribution is 7.89. The highest BCUT2D eigenvalue weighted by atomic mass is 32.2. The van der Waals surface area contributed by atoms with E-state index in [1.165, 1.54) is 29.6 Å². The Labute approximate surface area is 188 Å². The third-order valence-electron chi connectivity index (χ3n) is 4.95. The van der Waals surface area contributed by atoms with E-state index in [1.807, 2.05) is 6.07 Å². The number of anilines is 1. The molecule has 0 atom stereocenters. The van der Waals surface area contributed by atoms with E-state index in [-0.39, 0.29) is 16.2 Å². The van der Waals surface area contributed by atoms with Crippen LogP contribution in [0.1, 0.15) is 30.0 Å². The fourth-order valence-corrected chi connectivity index (χ4v) is 4.79. The molecule has 3 rings (SSSR count). The van der Waals surface area contributed by atoms with E-state index >= 15 is 0 Å². The van der Waals surface area contributed by atoms with Gasteiger partial charge in [-0.05, 0) is 43.3 Å². The minimum absolute atomic E-state index is 0.0392. The minimum atomic E-state index is -3.72. The summed E-state index contributed by atoms with van der Waals surface area (Å²) in [7, 11) is -2.29. The van der Waals surface area contributed by atoms with Crippen LogP contribution < -0.4 is 10.1 Å². The van der Waals surface area contributed by atoms with Gasteiger partial charge >= 0.3 is 0 Å². The fraction of sp³-hybridized carbons (Fsp3) is 0.261. The second kappa shape index (κ2) is 9.88. The lowest BCUT2D eigenvalue weighted by molar-refractivity contribution is 0.102. The molecule has 1 aromatic heterocycles. The summed E-state index contributed by atoms with van der Waals surface area (Å²) in [6.07, 6.45) is 1.68. The number of hydrogen-bond donors (Lipinski definition) is 1. The number of methoxy groups -OCH3 is 1. The van der Waals surface area contributed by atoms with E-state index in [2.05, 4.69) is 15.3 Å². The normalized spacial score (nSPS) is 11.4. The number of carbonyl (C=O) groups excluding carboxylic acids is 1. The van der Waals surface area contributed by atoms with Crippen molar-refractivity contribution in [3.05, 3.63) is 66.1 Å². The SMILES string of the molecule is CCN(CC)S(=O)(=O)c1ccc(OC)c(C(=O)Nc2cccc(-c3ccnc(C)n3)c2)c1. The van der Waals surface area contributed by atoms with Crippen LogP contribution in [0, 0.1) is 6.92 Å². The van der Waals surface area contributed by atoms with Crippen molar-refractivity contribution < 1.29 is 17.9 Å². The van der Waals surface area contributed by atoms with Gasteiger partial charge in [0.05, 0.1) is 23.3 Å². The predicted octanol–water partition coefficient (Wildman–Crippen LogP) is 3.74. The van der Waals surface area contributed by atoms with Crippen molar-refractivity contribution >= 4 is 21.6 Å². The number of nitrogens with one attached hydrogen (secondary N) is 1. The first-order valence-corrected chi connectivity index (χ1v) is 11.6. The third-order valence-corrected chi connectivity index (χ3v) is 7.00. The van der Waals surface area contributed by atoms with Gasteiger partial charge in [-0.25, -0.2) is 18.4 Å². The van der Waals surface area contributed by atoms with Crippen molar-refractivity contribution in [1.82, 2.24) is 14.3 Å². The molecule has 0 saturated carbocycles. The Morgan fingerprint density at radius 1 is 1.09 bits per heavy atom. The zero-order valence-corrected chi connectivity index (χ0v) is 19.3. The maximum atomic E-state index is 13.1. The molecule has 0 unspecified atom stereocenters. The first-order valence-electron chi connectivity index (χ1n) is 10.2. The van der Waals surface area contributed by atoms with Crippen LogP contribution in [0.4, 0.5) is 5.69 Å². The maximum absolute atomic E-state index is 13.1. The number of benzene rings is 2. The molecule has 9 heteroatoms. The number of nitrogens with zero attached hydrogens (tertiary/aromatic N) is 3. The maximum Gasteiger partial charge on any atom is 0.259 e. The zero-order valence-electron chi connectivity index (χ0n) is 18.5. The summed E-state index contributed by atoms with van der Waals surface area (Å²) < 4.78 is 32.4. The molecular weight excluding hydrogens is 428 g/mol. The molecule has 1 N–H and O–H groups in total. The zero-order chi connectivity index (χ0) is 23.3. The number of sulfonamides is 1. The first-order chi connectivity index (χ1) is 15.3. The molecule has 1 amide bonds. The minimum Gasteiger partial charge on any atom is -0.496 e. The van der Waals surface area contributed by atoms with E-state index in [9.17, 15) is 13.2 Å². The molecule has 0 spiro atoms. The van der Waals surface area contributed by atoms with Gasteiger partial charge in [-0.1, -0.05) is 26.0 Å². The number of amides is 1. The molecule has 0 aliphatic rings. The van der Waals surface area contributed by atoms with Crippen LogP contribution in [0.15, 0.2) is 59.6 Å². The van der Waals surface area contributed by atoms with Gasteiger partial charge in [0.1, 0.15) is 11.6 Å². The van der Waals surface area contributed by atoms with E-state index in [4.69, 9.17) is 4.74 Å². The summed E-state index contributed by atoms with van der Waals surface area (Å²) in [6.45, 7) is 6.01. The Morgan fingerprint density at radius 3 is 2.50 bits per heavy atom. The molecule has 32 heavy (non-hydrogen) atoms. The Morgan fingerprint density at radius 2 is 1.84 bits per heavy atom. The quantitative estimate of drug-likeness (QED) is 0.556. The summed E-state index contributed by atoms with van der Waals surface area (Å²) in [4.78, 5) is 21.6. The van der Waals surface area contributed by atoms with Gasteiger partial charge in [0.25, 0.3) is 5.91 Å². The highest BCUT2D eigenvalue weighted by Gasteiger charge is 2.24. The summed E-state index contributed by atoms with van der Waals surface area (Å²) in [6, 6.07) is 13.3. The molecule has 168 valence electrons. The molecule has 1 heterocycles. The van der Waals surface area contributed by atoms with Crippen LogP contribution in [0.25, 0.3) is 11.3 Å². The van der Waals surface area contributed by atoms with Crippen LogP contribution >= 0.6 is 0 Å². The largest absolute Gasteiger partial charge is 0.496 e. The van der Waals surface area contributed by atoms with Gasteiger partial charge in [-0.2, -0.15) is 4.31 Å². The van der Waals surface area contributed by atoms with Gasteiger partial charge in [0.15, 0.2) is 0 Å². The second-order valence-electron chi connectivity index (χ2n) is 6.98. The molecule has 0 saturated heterocycles. The third kappa shape index (κ3) is 4.95. The summed E-state index contributed by atoms with van der Waals surface area (Å²) in [5.41, 5.74) is 2.23. The van der Waals surface area contributed by atoms with E-state index in [1.54, 1.807) is 51.2 Å². The summed E-state index contributed by atoms with van der Waals surface area (Å²) in [5.74, 6) is 0.450. The Balaban J connectivity index is 1.93. The lowest BCUT2D eigenvalue weighted by Crippen LogP contribution is -2.30. The number of ether oxygens (including phenoxy) is 1. The summed E-state index contributed by atoms with van der Waals surface area (Å²) in [5, 5.41) is 2.82. The van der Waals surface area contributed by atoms with Crippen molar-refractivity contribution in [2.24, 2.45) is 0 Å². The van der Waals surface area contributed by atoms with Crippen LogP contribution in [0.2, 0.25) is 0 Å². The monoisotopic (exact) mass is 454 g/mol. The molecule has 0 aliphatic carbocycles. The summed E-state index contributed by atoms with van der Waals surface area (Å²) >= 11 is 0. The fourth-order valence-electron chi connectivity index (χ4n) is 3.31. The lowest BCUT2D eigenvalue weighted by Gasteiger charge is -2.19. The number of carbonyl (C=O) groups is 1. The Bertz CT molecular complexity index is 1220. The number of aryl methyl sites for hydroxylation is 1. The molecular formula is C23H26N4O4S. The predicted molar refractivity (Wildman–Crippen MR) is 123 cm³/mol. The molecule has 3 aromatic rings. The Hall–Kier alpha value is -3.30. The Kier molecular flexibility index (Phi) is 7.22. The number of aromatic nitrogens is 2. The van der Waals surface area contributed by atoms with Crippen molar-refractivity contribution in [3.8, 4) is 17.0 Å². The second-order valence-corrected chi connectivity index (χ2v) is 8.91. The standard InChI is InChI=1S/C23H26N4O4S/c1-5-27(6-2)32(29,30)19-10-11-22(31-4)20(15-19)23(28)26-18-9-7-8-17(14-18)21-12-13-24-16(3)25-21/h7-15H,5-6H2,1-4H3,(H,26,28). The van der Waals surface area contributed by atoms with Gasteiger partial charge < -0.3 is 10.1 Å². The number of hydrogen-bond acceptors (Lipinski definition) is 6. The van der Waals surface area contributed by atoms with Gasteiger partial charge in [-0.3, -0.25) is 4.79 Å². The van der Waals surface area contributed by atoms with Gasteiger partial charge in [-0.15, -0.1) is 0 Å². The van der Waals surface area contributed by atoms with Crippen LogP contribution in [0.5, 0.6) is 5.75 Å². The molecule has 0 radical (unpaired) electrons. The first kappa shape index (κ1) is 23.4. The van der Waals surface area contributed by atoms with Gasteiger partial charge in [0, 0.05) is 30.5 Å². The van der Waals surface area contributed by atoms with Crippen LogP contribution in [-0.2, 0) is 10.0 Å².